The van der Waals surface area contributed by atoms with Crippen molar-refractivity contribution in [1.29, 1.82) is 0 Å². The van der Waals surface area contributed by atoms with E-state index in [1.807, 2.05) is 0 Å². The molecule has 50 valence electrons. The van der Waals surface area contributed by atoms with Gasteiger partial charge >= 0.3 is 0 Å². The minimum Gasteiger partial charge on any atom is -0.384 e. The van der Waals surface area contributed by atoms with Crippen molar-refractivity contribution in [3.8, 4) is 0 Å². The maximum Gasteiger partial charge on any atom is 0.188 e. The van der Waals surface area contributed by atoms with Gasteiger partial charge in [0.2, 0.25) is 0 Å². The predicted molar refractivity (Wildman–Crippen MR) is 34.8 cm³/mol. The maximum absolute atomic E-state index is 5.35. The molecule has 0 aromatic heterocycles. The summed E-state index contributed by atoms with van der Waals surface area (Å²) in [6, 6.07) is 0. The second-order valence-corrected chi connectivity index (χ2v) is 1.73. The van der Waals surface area contributed by atoms with Gasteiger partial charge < -0.3 is 5.73 Å². The Morgan fingerprint density at radius 1 is 1.67 bits per heavy atom. The van der Waals surface area contributed by atoms with E-state index in [1.165, 1.54) is 5.01 Å². The van der Waals surface area contributed by atoms with Gasteiger partial charge in [0.05, 0.1) is 0 Å². The number of hydrogen-bond acceptors (Lipinski definition) is 5. The monoisotopic (exact) mass is 127 g/mol. The van der Waals surface area contributed by atoms with Gasteiger partial charge in [0, 0.05) is 6.20 Å². The zero-order chi connectivity index (χ0) is 6.85. The Hall–Kier alpha value is -1.07. The smallest absolute Gasteiger partial charge is 0.188 e. The number of hydrogen-bond donors (Lipinski definition) is 3. The first-order valence-electron chi connectivity index (χ1n) is 2.50. The van der Waals surface area contributed by atoms with Crippen LogP contribution < -0.4 is 17.3 Å². The quantitative estimate of drug-likeness (QED) is 0.338. The Balaban J connectivity index is 2.70. The number of rotatable bonds is 0. The van der Waals surface area contributed by atoms with Crippen molar-refractivity contribution in [1.82, 2.24) is 5.01 Å². The molecule has 1 rings (SSSR count). The van der Waals surface area contributed by atoms with Crippen LogP contribution >= 0.6 is 0 Å². The van der Waals surface area contributed by atoms with Crippen LogP contribution in [0, 0.1) is 0 Å². The molecule has 0 fully saturated rings. The van der Waals surface area contributed by atoms with E-state index in [4.69, 9.17) is 17.3 Å². The number of amidine groups is 1. The van der Waals surface area contributed by atoms with Gasteiger partial charge in [0.1, 0.15) is 5.84 Å². The predicted octanol–water partition coefficient (Wildman–Crippen LogP) is -1.71. The average Bonchev–Trinajstić information content (AvgIpc) is 1.80. The van der Waals surface area contributed by atoms with Gasteiger partial charge in [0.15, 0.2) is 6.29 Å². The topological polar surface area (TPSA) is 93.7 Å². The number of nitrogens with zero attached hydrogens (tertiary/aromatic N) is 2. The molecule has 1 aliphatic heterocycles. The van der Waals surface area contributed by atoms with E-state index < -0.39 is 6.29 Å². The number of aliphatic imine (C=N–C) groups is 1. The minimum absolute atomic E-state index is 0.407. The van der Waals surface area contributed by atoms with Crippen molar-refractivity contribution in [3.05, 3.63) is 12.3 Å². The third-order valence-corrected chi connectivity index (χ3v) is 1.00. The summed E-state index contributed by atoms with van der Waals surface area (Å²) in [5, 5.41) is 1.27. The fraction of sp³-hybridized carbons (Fsp3) is 0.250. The van der Waals surface area contributed by atoms with Crippen LogP contribution in [0.15, 0.2) is 17.3 Å². The Labute approximate surface area is 52.8 Å². The first-order chi connectivity index (χ1) is 4.20. The molecule has 0 aromatic rings. The molecule has 1 heterocycles. The highest BCUT2D eigenvalue weighted by Gasteiger charge is 2.07. The van der Waals surface area contributed by atoms with E-state index >= 15 is 0 Å². The highest BCUT2D eigenvalue weighted by atomic mass is 15.5. The fourth-order valence-corrected chi connectivity index (χ4v) is 0.513. The largest absolute Gasteiger partial charge is 0.384 e. The highest BCUT2D eigenvalue weighted by Crippen LogP contribution is 1.94. The Morgan fingerprint density at radius 3 is 2.78 bits per heavy atom. The molecule has 0 saturated heterocycles. The third-order valence-electron chi connectivity index (χ3n) is 1.00. The molecule has 0 radical (unpaired) electrons. The van der Waals surface area contributed by atoms with Crippen molar-refractivity contribution in [2.24, 2.45) is 22.3 Å². The lowest BCUT2D eigenvalue weighted by molar-refractivity contribution is 0.295. The van der Waals surface area contributed by atoms with Gasteiger partial charge in [-0.25, -0.2) is 10.8 Å². The molecule has 0 aliphatic carbocycles. The maximum atomic E-state index is 5.35. The lowest BCUT2D eigenvalue weighted by Gasteiger charge is -2.21. The standard InChI is InChI=1S/C4H9N5/c5-3-1-2-9(7)4(6)8-3/h1-2,4H,6-7H2,(H2,5,8). The summed E-state index contributed by atoms with van der Waals surface area (Å²) in [4.78, 5) is 3.75. The second kappa shape index (κ2) is 2.04. The van der Waals surface area contributed by atoms with Crippen molar-refractivity contribution in [2.45, 2.75) is 6.29 Å². The lowest BCUT2D eigenvalue weighted by Crippen LogP contribution is -2.44. The van der Waals surface area contributed by atoms with E-state index in [-0.39, 0.29) is 0 Å². The number of nitrogens with two attached hydrogens (primary N) is 3. The first kappa shape index (κ1) is 6.06. The molecule has 0 saturated carbocycles. The summed E-state index contributed by atoms with van der Waals surface area (Å²) in [6.07, 6.45) is 2.63. The summed E-state index contributed by atoms with van der Waals surface area (Å²) >= 11 is 0. The highest BCUT2D eigenvalue weighted by molar-refractivity contribution is 5.91. The van der Waals surface area contributed by atoms with Gasteiger partial charge in [0.25, 0.3) is 0 Å². The van der Waals surface area contributed by atoms with Crippen LogP contribution in [-0.4, -0.2) is 17.1 Å². The molecule has 1 unspecified atom stereocenters. The Morgan fingerprint density at radius 2 is 2.33 bits per heavy atom. The molecule has 5 heteroatoms. The van der Waals surface area contributed by atoms with Crippen molar-refractivity contribution in [3.63, 3.8) is 0 Å². The van der Waals surface area contributed by atoms with Gasteiger partial charge in [-0.3, -0.25) is 10.7 Å². The van der Waals surface area contributed by atoms with Crippen LogP contribution in [0.25, 0.3) is 0 Å². The zero-order valence-electron chi connectivity index (χ0n) is 4.86. The third kappa shape index (κ3) is 1.18. The van der Waals surface area contributed by atoms with Gasteiger partial charge in [-0.05, 0) is 6.08 Å². The fourth-order valence-electron chi connectivity index (χ4n) is 0.513. The van der Waals surface area contributed by atoms with Crippen molar-refractivity contribution >= 4 is 5.84 Å². The molecule has 0 aromatic carbocycles. The van der Waals surface area contributed by atoms with E-state index in [1.54, 1.807) is 12.3 Å². The summed E-state index contributed by atoms with van der Waals surface area (Å²) in [5.74, 6) is 5.71. The van der Waals surface area contributed by atoms with Gasteiger partial charge in [-0.15, -0.1) is 0 Å². The molecule has 5 nitrogen and oxygen atoms in total. The number of hydrazine groups is 1. The van der Waals surface area contributed by atoms with Crippen LogP contribution in [0.5, 0.6) is 0 Å². The van der Waals surface area contributed by atoms with Crippen molar-refractivity contribution < 1.29 is 0 Å². The van der Waals surface area contributed by atoms with Crippen LogP contribution in [-0.2, 0) is 0 Å². The van der Waals surface area contributed by atoms with Gasteiger partial charge in [-0.1, -0.05) is 0 Å². The molecular weight excluding hydrogens is 118 g/mol. The lowest BCUT2D eigenvalue weighted by atomic mass is 10.5. The molecule has 9 heavy (non-hydrogen) atoms. The van der Waals surface area contributed by atoms with E-state index in [0.29, 0.717) is 5.84 Å². The van der Waals surface area contributed by atoms with Crippen LogP contribution in [0.2, 0.25) is 0 Å². The molecule has 6 N–H and O–H groups in total. The average molecular weight is 127 g/mol. The summed E-state index contributed by atoms with van der Waals surface area (Å²) in [6.45, 7) is 0. The van der Waals surface area contributed by atoms with E-state index in [9.17, 15) is 0 Å². The normalized spacial score (nSPS) is 26.2. The summed E-state index contributed by atoms with van der Waals surface area (Å²) in [5.41, 5.74) is 10.6. The Bertz CT molecular complexity index is 160. The van der Waals surface area contributed by atoms with E-state index in [2.05, 4.69) is 4.99 Å². The van der Waals surface area contributed by atoms with Crippen LogP contribution in [0.3, 0.4) is 0 Å². The Kier molecular flexibility index (Phi) is 1.37. The van der Waals surface area contributed by atoms with Crippen LogP contribution in [0.4, 0.5) is 0 Å². The van der Waals surface area contributed by atoms with Crippen molar-refractivity contribution in [2.75, 3.05) is 0 Å². The van der Waals surface area contributed by atoms with Crippen LogP contribution in [0.1, 0.15) is 0 Å². The molecule has 0 bridgehead atoms. The minimum atomic E-state index is -0.532. The van der Waals surface area contributed by atoms with Gasteiger partial charge in [-0.2, -0.15) is 0 Å². The zero-order valence-corrected chi connectivity index (χ0v) is 4.86. The molecule has 0 spiro atoms. The first-order valence-corrected chi connectivity index (χ1v) is 2.50. The van der Waals surface area contributed by atoms with E-state index in [0.717, 1.165) is 0 Å². The molecular formula is C4H9N5. The summed E-state index contributed by atoms with van der Waals surface area (Å²) in [7, 11) is 0. The SMILES string of the molecule is NC1=NC(N)N(N)C=C1. The molecule has 0 amide bonds. The molecule has 1 atom stereocenters. The second-order valence-electron chi connectivity index (χ2n) is 1.73. The summed E-state index contributed by atoms with van der Waals surface area (Å²) < 4.78 is 0. The molecule has 1 aliphatic rings.